The Labute approximate surface area is 155 Å². The number of non-ortho nitro benzene ring substituents is 1. The van der Waals surface area contributed by atoms with Crippen molar-refractivity contribution in [3.8, 4) is 11.5 Å². The topological polar surface area (TPSA) is 107 Å². The molecular formula is C16H19N5O4S. The molecule has 0 amide bonds. The van der Waals surface area contributed by atoms with Crippen molar-refractivity contribution in [2.75, 3.05) is 20.3 Å². The van der Waals surface area contributed by atoms with Gasteiger partial charge in [-0.05, 0) is 31.1 Å². The van der Waals surface area contributed by atoms with Crippen LogP contribution in [-0.4, -0.2) is 51.4 Å². The summed E-state index contributed by atoms with van der Waals surface area (Å²) in [4.78, 5) is 12.5. The molecule has 3 rings (SSSR count). The van der Waals surface area contributed by atoms with Crippen molar-refractivity contribution >= 4 is 23.0 Å². The molecule has 1 aliphatic carbocycles. The van der Waals surface area contributed by atoms with Gasteiger partial charge in [-0.2, -0.15) is 0 Å². The first kappa shape index (κ1) is 18.2. The fourth-order valence-corrected chi connectivity index (χ4v) is 2.76. The molecule has 0 bridgehead atoms. The molecule has 138 valence electrons. The summed E-state index contributed by atoms with van der Waals surface area (Å²) in [6, 6.07) is 6.47. The number of methoxy groups -OCH3 is 1. The van der Waals surface area contributed by atoms with Crippen LogP contribution in [0.15, 0.2) is 28.7 Å². The van der Waals surface area contributed by atoms with Gasteiger partial charge in [0.2, 0.25) is 11.8 Å². The van der Waals surface area contributed by atoms with Gasteiger partial charge in [-0.15, -0.1) is 10.2 Å². The summed E-state index contributed by atoms with van der Waals surface area (Å²) in [6.45, 7) is 1.59. The second-order valence-corrected chi connectivity index (χ2v) is 6.28. The Morgan fingerprint density at radius 1 is 1.50 bits per heavy atom. The van der Waals surface area contributed by atoms with Crippen LogP contribution in [0.5, 0.6) is 0 Å². The molecule has 0 radical (unpaired) electrons. The van der Waals surface area contributed by atoms with E-state index in [1.807, 2.05) is 4.90 Å². The highest BCUT2D eigenvalue weighted by atomic mass is 32.1. The SMILES string of the molecule is COCCNC(=S)N(Cc1nnc(-c2cccc([N+](=O)[O-])c2)o1)C1CC1. The van der Waals surface area contributed by atoms with E-state index in [0.29, 0.717) is 42.3 Å². The third-order valence-corrected chi connectivity index (χ3v) is 4.29. The first-order chi connectivity index (χ1) is 12.6. The molecule has 1 aromatic heterocycles. The van der Waals surface area contributed by atoms with Crippen molar-refractivity contribution in [1.29, 1.82) is 0 Å². The third-order valence-electron chi connectivity index (χ3n) is 3.91. The number of nitrogens with one attached hydrogen (secondary N) is 1. The van der Waals surface area contributed by atoms with Crippen molar-refractivity contribution in [3.63, 3.8) is 0 Å². The Morgan fingerprint density at radius 2 is 2.31 bits per heavy atom. The molecule has 0 saturated heterocycles. The van der Waals surface area contributed by atoms with Crippen LogP contribution in [-0.2, 0) is 11.3 Å². The highest BCUT2D eigenvalue weighted by Crippen LogP contribution is 2.29. The third kappa shape index (κ3) is 4.52. The Balaban J connectivity index is 1.69. The molecule has 1 fully saturated rings. The molecule has 1 saturated carbocycles. The fraction of sp³-hybridized carbons (Fsp3) is 0.438. The number of rotatable bonds is 8. The molecular weight excluding hydrogens is 358 g/mol. The van der Waals surface area contributed by atoms with E-state index in [2.05, 4.69) is 15.5 Å². The zero-order valence-electron chi connectivity index (χ0n) is 14.3. The molecule has 26 heavy (non-hydrogen) atoms. The van der Waals surface area contributed by atoms with Gasteiger partial charge in [0.1, 0.15) is 0 Å². The summed E-state index contributed by atoms with van der Waals surface area (Å²) >= 11 is 5.44. The number of nitrogens with zero attached hydrogens (tertiary/aromatic N) is 4. The van der Waals surface area contributed by atoms with Crippen molar-refractivity contribution in [2.24, 2.45) is 0 Å². The van der Waals surface area contributed by atoms with Gasteiger partial charge in [0.25, 0.3) is 5.69 Å². The lowest BCUT2D eigenvalue weighted by Crippen LogP contribution is -2.41. The van der Waals surface area contributed by atoms with Gasteiger partial charge in [-0.1, -0.05) is 6.07 Å². The summed E-state index contributed by atoms with van der Waals surface area (Å²) in [5.41, 5.74) is 0.488. The van der Waals surface area contributed by atoms with E-state index in [9.17, 15) is 10.1 Å². The molecule has 10 heteroatoms. The number of nitro benzene ring substituents is 1. The number of hydrogen-bond acceptors (Lipinski definition) is 7. The lowest BCUT2D eigenvalue weighted by molar-refractivity contribution is -0.384. The maximum atomic E-state index is 10.9. The van der Waals surface area contributed by atoms with Gasteiger partial charge in [-0.3, -0.25) is 10.1 Å². The fourth-order valence-electron chi connectivity index (χ4n) is 2.45. The van der Waals surface area contributed by atoms with Crippen molar-refractivity contribution in [3.05, 3.63) is 40.3 Å². The van der Waals surface area contributed by atoms with Crippen LogP contribution >= 0.6 is 12.2 Å². The minimum Gasteiger partial charge on any atom is -0.419 e. The second kappa shape index (κ2) is 8.19. The molecule has 9 nitrogen and oxygen atoms in total. The molecule has 0 unspecified atom stereocenters. The summed E-state index contributed by atoms with van der Waals surface area (Å²) in [6.07, 6.45) is 2.13. The molecule has 0 aliphatic heterocycles. The van der Waals surface area contributed by atoms with Gasteiger partial charge >= 0.3 is 0 Å². The van der Waals surface area contributed by atoms with Crippen LogP contribution in [0, 0.1) is 10.1 Å². The van der Waals surface area contributed by atoms with E-state index < -0.39 is 4.92 Å². The van der Waals surface area contributed by atoms with Gasteiger partial charge in [-0.25, -0.2) is 0 Å². The van der Waals surface area contributed by atoms with Crippen LogP contribution in [0.4, 0.5) is 5.69 Å². The van der Waals surface area contributed by atoms with Gasteiger partial charge in [0.05, 0.1) is 18.1 Å². The number of aromatic nitrogens is 2. The van der Waals surface area contributed by atoms with Crippen molar-refractivity contribution < 1.29 is 14.1 Å². The first-order valence-corrected chi connectivity index (χ1v) is 8.60. The van der Waals surface area contributed by atoms with Crippen LogP contribution in [0.2, 0.25) is 0 Å². The molecule has 1 aromatic carbocycles. The zero-order valence-corrected chi connectivity index (χ0v) is 15.1. The lowest BCUT2D eigenvalue weighted by Gasteiger charge is -2.24. The predicted octanol–water partition coefficient (Wildman–Crippen LogP) is 2.13. The number of nitro groups is 1. The second-order valence-electron chi connectivity index (χ2n) is 5.89. The quantitative estimate of drug-likeness (QED) is 0.320. The van der Waals surface area contributed by atoms with E-state index in [4.69, 9.17) is 21.4 Å². The monoisotopic (exact) mass is 377 g/mol. The van der Waals surface area contributed by atoms with Crippen LogP contribution < -0.4 is 5.32 Å². The highest BCUT2D eigenvalue weighted by molar-refractivity contribution is 7.80. The maximum Gasteiger partial charge on any atom is 0.270 e. The molecule has 1 aliphatic rings. The maximum absolute atomic E-state index is 10.9. The average Bonchev–Trinajstić information content (AvgIpc) is 3.37. The number of thiocarbonyl (C=S) groups is 1. The van der Waals surface area contributed by atoms with Crippen molar-refractivity contribution in [2.45, 2.75) is 25.4 Å². The lowest BCUT2D eigenvalue weighted by atomic mass is 10.2. The summed E-state index contributed by atoms with van der Waals surface area (Å²) in [7, 11) is 1.64. The molecule has 2 aromatic rings. The molecule has 1 heterocycles. The smallest absolute Gasteiger partial charge is 0.270 e. The number of ether oxygens (including phenoxy) is 1. The van der Waals surface area contributed by atoms with E-state index in [-0.39, 0.29) is 11.6 Å². The Bertz CT molecular complexity index is 792. The largest absolute Gasteiger partial charge is 0.419 e. The molecule has 0 spiro atoms. The van der Waals surface area contributed by atoms with E-state index in [0.717, 1.165) is 12.8 Å². The molecule has 0 atom stereocenters. The summed E-state index contributed by atoms with van der Waals surface area (Å²) < 4.78 is 10.7. The van der Waals surface area contributed by atoms with Crippen LogP contribution in [0.1, 0.15) is 18.7 Å². The van der Waals surface area contributed by atoms with Crippen LogP contribution in [0.3, 0.4) is 0 Å². The van der Waals surface area contributed by atoms with Gasteiger partial charge in [0, 0.05) is 37.4 Å². The Hall–Kier alpha value is -2.59. The number of hydrogen-bond donors (Lipinski definition) is 1. The summed E-state index contributed by atoms with van der Waals surface area (Å²) in [5.74, 6) is 0.659. The predicted molar refractivity (Wildman–Crippen MR) is 97.4 cm³/mol. The van der Waals surface area contributed by atoms with E-state index in [1.165, 1.54) is 12.1 Å². The summed E-state index contributed by atoms with van der Waals surface area (Å²) in [5, 5.41) is 22.7. The minimum atomic E-state index is -0.459. The van der Waals surface area contributed by atoms with E-state index >= 15 is 0 Å². The van der Waals surface area contributed by atoms with Gasteiger partial charge in [0.15, 0.2) is 5.11 Å². The first-order valence-electron chi connectivity index (χ1n) is 8.19. The Morgan fingerprint density at radius 3 is 3.00 bits per heavy atom. The van der Waals surface area contributed by atoms with Gasteiger partial charge < -0.3 is 19.4 Å². The minimum absolute atomic E-state index is 0.0228. The standard InChI is InChI=1S/C16H19N5O4S/c1-24-8-7-17-16(26)20(12-5-6-12)10-14-18-19-15(25-14)11-3-2-4-13(9-11)21(22)23/h2-4,9,12H,5-8,10H2,1H3,(H,17,26). The normalized spacial score (nSPS) is 13.4. The van der Waals surface area contributed by atoms with E-state index in [1.54, 1.807) is 19.2 Å². The van der Waals surface area contributed by atoms with Crippen molar-refractivity contribution in [1.82, 2.24) is 20.4 Å². The molecule has 1 N–H and O–H groups in total. The highest BCUT2D eigenvalue weighted by Gasteiger charge is 2.32. The van der Waals surface area contributed by atoms with Crippen LogP contribution in [0.25, 0.3) is 11.5 Å². The number of benzene rings is 1. The Kier molecular flexibility index (Phi) is 5.74. The zero-order chi connectivity index (χ0) is 18.5. The average molecular weight is 377 g/mol.